The molecule has 1 aromatic carbocycles. The smallest absolute Gasteiger partial charge is 0.534 e. The predicted octanol–water partition coefficient (Wildman–Crippen LogP) is -0.361. The van der Waals surface area contributed by atoms with E-state index in [9.17, 15) is 34.1 Å². The molecule has 0 spiro atoms. The highest BCUT2D eigenvalue weighted by Crippen LogP contribution is 2.30. The van der Waals surface area contributed by atoms with E-state index in [1.807, 2.05) is 0 Å². The number of imide groups is 1. The summed E-state index contributed by atoms with van der Waals surface area (Å²) in [5.41, 5.74) is -0.407. The quantitative estimate of drug-likeness (QED) is 0.322. The van der Waals surface area contributed by atoms with Gasteiger partial charge in [-0.2, -0.15) is 0 Å². The molecule has 3 rings (SSSR count). The second-order valence-corrected chi connectivity index (χ2v) is 9.52. The maximum atomic E-state index is 13.2. The summed E-state index contributed by atoms with van der Waals surface area (Å²) in [6.07, 6.45) is 0.0974. The van der Waals surface area contributed by atoms with Gasteiger partial charge in [0, 0.05) is 19.6 Å². The van der Waals surface area contributed by atoms with Gasteiger partial charge in [-0.05, 0) is 30.4 Å². The van der Waals surface area contributed by atoms with Gasteiger partial charge in [0.1, 0.15) is 11.8 Å². The minimum atomic E-state index is -1.52. The van der Waals surface area contributed by atoms with Crippen LogP contribution in [0.15, 0.2) is 18.2 Å². The van der Waals surface area contributed by atoms with Crippen LogP contribution in [0.4, 0.5) is 4.79 Å². The SMILES string of the molecule is CCN1CCN(C(=O)NC(C(=O)N[C@H]2Cc3cccc(C(=O)O)c3OB2O)C(C)(C)C)C(=O)C1=O. The average molecular weight is 488 g/mol. The Morgan fingerprint density at radius 2 is 1.89 bits per heavy atom. The first-order valence-electron chi connectivity index (χ1n) is 11.3. The largest absolute Gasteiger partial charge is 0.547 e. The van der Waals surface area contributed by atoms with Crippen molar-refractivity contribution in [3.63, 3.8) is 0 Å². The van der Waals surface area contributed by atoms with E-state index in [1.54, 1.807) is 33.8 Å². The van der Waals surface area contributed by atoms with Crippen molar-refractivity contribution in [2.75, 3.05) is 19.6 Å². The van der Waals surface area contributed by atoms with E-state index in [0.717, 1.165) is 4.90 Å². The number of likely N-dealkylation sites (N-methyl/N-ethyl adjacent to an activating group) is 1. The molecule has 12 nitrogen and oxygen atoms in total. The first-order valence-corrected chi connectivity index (χ1v) is 11.3. The maximum Gasteiger partial charge on any atom is 0.547 e. The summed E-state index contributed by atoms with van der Waals surface area (Å²) >= 11 is 0. The van der Waals surface area contributed by atoms with Gasteiger partial charge in [-0.15, -0.1) is 0 Å². The number of hydrogen-bond donors (Lipinski definition) is 4. The third kappa shape index (κ3) is 5.40. The van der Waals surface area contributed by atoms with Gasteiger partial charge in [0.2, 0.25) is 5.91 Å². The number of amides is 5. The van der Waals surface area contributed by atoms with Crippen LogP contribution in [0.2, 0.25) is 0 Å². The van der Waals surface area contributed by atoms with Gasteiger partial charge < -0.3 is 30.3 Å². The van der Waals surface area contributed by atoms with Crippen LogP contribution in [0, 0.1) is 5.41 Å². The van der Waals surface area contributed by atoms with Crippen molar-refractivity contribution in [2.24, 2.45) is 5.41 Å². The summed E-state index contributed by atoms with van der Waals surface area (Å²) in [7, 11) is -1.52. The molecule has 0 aliphatic carbocycles. The molecular formula is C22H29BN4O8. The molecule has 5 amide bonds. The van der Waals surface area contributed by atoms with Crippen LogP contribution in [-0.4, -0.2) is 88.4 Å². The van der Waals surface area contributed by atoms with Crippen molar-refractivity contribution in [2.45, 2.75) is 46.1 Å². The lowest BCUT2D eigenvalue weighted by Crippen LogP contribution is -2.64. The van der Waals surface area contributed by atoms with E-state index in [-0.39, 0.29) is 30.8 Å². The maximum absolute atomic E-state index is 13.2. The van der Waals surface area contributed by atoms with Crippen LogP contribution >= 0.6 is 0 Å². The topological polar surface area (TPSA) is 166 Å². The number of carbonyl (C=O) groups excluding carboxylic acids is 4. The van der Waals surface area contributed by atoms with Gasteiger partial charge in [-0.1, -0.05) is 32.9 Å². The number of para-hydroxylation sites is 1. The molecule has 1 aromatic rings. The molecular weight excluding hydrogens is 459 g/mol. The van der Waals surface area contributed by atoms with E-state index < -0.39 is 54.2 Å². The molecule has 188 valence electrons. The lowest BCUT2D eigenvalue weighted by atomic mass is 9.72. The van der Waals surface area contributed by atoms with Crippen molar-refractivity contribution in [1.29, 1.82) is 0 Å². The number of nitrogens with one attached hydrogen (secondary N) is 2. The molecule has 1 fully saturated rings. The standard InChI is InChI=1S/C22H29BN4O8/c1-5-26-9-10-27(19(30)18(26)29)21(33)25-16(22(2,3)4)17(28)24-14-11-12-7-6-8-13(20(31)32)15(12)35-23(14)34/h6-8,14,16,34H,5,9-11H2,1-4H3,(H,24,28)(H,25,33)(H,31,32)/t14-,16?/m0/s1. The zero-order valence-corrected chi connectivity index (χ0v) is 20.0. The molecule has 2 aliphatic rings. The van der Waals surface area contributed by atoms with Crippen LogP contribution in [0.3, 0.4) is 0 Å². The van der Waals surface area contributed by atoms with Crippen molar-refractivity contribution >= 4 is 36.8 Å². The summed E-state index contributed by atoms with van der Waals surface area (Å²) in [6.45, 7) is 7.40. The molecule has 0 saturated carbocycles. The van der Waals surface area contributed by atoms with Crippen LogP contribution in [0.25, 0.3) is 0 Å². The third-order valence-corrected chi connectivity index (χ3v) is 6.01. The van der Waals surface area contributed by atoms with Gasteiger partial charge in [0.05, 0.1) is 11.5 Å². The Morgan fingerprint density at radius 1 is 1.20 bits per heavy atom. The van der Waals surface area contributed by atoms with Gasteiger partial charge in [0.15, 0.2) is 0 Å². The molecule has 1 unspecified atom stereocenters. The predicted molar refractivity (Wildman–Crippen MR) is 123 cm³/mol. The third-order valence-electron chi connectivity index (χ3n) is 6.01. The summed E-state index contributed by atoms with van der Waals surface area (Å²) in [5, 5.41) is 25.0. The molecule has 0 bridgehead atoms. The number of carboxylic acids is 1. The fourth-order valence-corrected chi connectivity index (χ4v) is 4.03. The molecule has 4 N–H and O–H groups in total. The number of hydrogen-bond acceptors (Lipinski definition) is 7. The molecule has 0 radical (unpaired) electrons. The highest BCUT2D eigenvalue weighted by molar-refractivity contribution is 6.47. The second-order valence-electron chi connectivity index (χ2n) is 9.52. The summed E-state index contributed by atoms with van der Waals surface area (Å²) < 4.78 is 5.40. The van der Waals surface area contributed by atoms with E-state index in [2.05, 4.69) is 10.6 Å². The summed E-state index contributed by atoms with van der Waals surface area (Å²) in [5.74, 6) is -4.48. The molecule has 35 heavy (non-hydrogen) atoms. The van der Waals surface area contributed by atoms with Gasteiger partial charge in [-0.3, -0.25) is 19.3 Å². The second kappa shape index (κ2) is 9.94. The van der Waals surface area contributed by atoms with Crippen molar-refractivity contribution in [1.82, 2.24) is 20.4 Å². The molecule has 13 heteroatoms. The molecule has 2 atom stereocenters. The minimum Gasteiger partial charge on any atom is -0.534 e. The Morgan fingerprint density at radius 3 is 2.49 bits per heavy atom. The molecule has 2 heterocycles. The van der Waals surface area contributed by atoms with Gasteiger partial charge in [0.25, 0.3) is 0 Å². The van der Waals surface area contributed by atoms with Crippen LogP contribution in [0.5, 0.6) is 5.75 Å². The number of carboxylic acid groups (broad SMARTS) is 1. The molecule has 0 aromatic heterocycles. The Bertz CT molecular complexity index is 1060. The number of carbonyl (C=O) groups is 5. The average Bonchev–Trinajstić information content (AvgIpc) is 2.78. The zero-order valence-electron chi connectivity index (χ0n) is 20.0. The molecule has 1 saturated heterocycles. The fraction of sp³-hybridized carbons (Fsp3) is 0.500. The lowest BCUT2D eigenvalue weighted by molar-refractivity contribution is -0.153. The number of piperazine rings is 1. The number of benzene rings is 1. The number of rotatable bonds is 5. The Kier molecular flexibility index (Phi) is 7.39. The van der Waals surface area contributed by atoms with Crippen LogP contribution in [-0.2, 0) is 20.8 Å². The number of fused-ring (bicyclic) bond motifs is 1. The van der Waals surface area contributed by atoms with Crippen molar-refractivity contribution < 1.29 is 38.8 Å². The number of urea groups is 1. The zero-order chi connectivity index (χ0) is 26.1. The number of aromatic carboxylic acids is 1. The highest BCUT2D eigenvalue weighted by Gasteiger charge is 2.43. The fourth-order valence-electron chi connectivity index (χ4n) is 4.03. The van der Waals surface area contributed by atoms with Gasteiger partial charge >= 0.3 is 30.9 Å². The first kappa shape index (κ1) is 26.0. The Labute approximate surface area is 202 Å². The van der Waals surface area contributed by atoms with Gasteiger partial charge in [-0.25, -0.2) is 9.59 Å². The lowest BCUT2D eigenvalue weighted by Gasteiger charge is -2.36. The monoisotopic (exact) mass is 488 g/mol. The van der Waals surface area contributed by atoms with Crippen LogP contribution < -0.4 is 15.3 Å². The normalized spacial score (nSPS) is 19.0. The first-order chi connectivity index (χ1) is 16.3. The summed E-state index contributed by atoms with van der Waals surface area (Å²) in [4.78, 5) is 64.1. The van der Waals surface area contributed by atoms with Crippen molar-refractivity contribution in [3.8, 4) is 5.75 Å². The van der Waals surface area contributed by atoms with Crippen molar-refractivity contribution in [3.05, 3.63) is 29.3 Å². The Balaban J connectivity index is 1.74. The molecule has 2 aliphatic heterocycles. The Hall–Kier alpha value is -3.61. The minimum absolute atomic E-state index is 0.000598. The number of nitrogens with zero attached hydrogens (tertiary/aromatic N) is 2. The van der Waals surface area contributed by atoms with Crippen LogP contribution in [0.1, 0.15) is 43.6 Å². The van der Waals surface area contributed by atoms with E-state index in [4.69, 9.17) is 4.65 Å². The highest BCUT2D eigenvalue weighted by atomic mass is 16.5. The van der Waals surface area contributed by atoms with E-state index in [1.165, 1.54) is 17.0 Å². The van der Waals surface area contributed by atoms with E-state index >= 15 is 0 Å². The van der Waals surface area contributed by atoms with E-state index in [0.29, 0.717) is 12.1 Å². The summed E-state index contributed by atoms with van der Waals surface area (Å²) in [6, 6.07) is 2.53.